The van der Waals surface area contributed by atoms with Crippen molar-refractivity contribution in [2.45, 2.75) is 39.5 Å². The normalized spacial score (nSPS) is 24.3. The summed E-state index contributed by atoms with van der Waals surface area (Å²) in [7, 11) is 1.97. The zero-order valence-electron chi connectivity index (χ0n) is 11.7. The summed E-state index contributed by atoms with van der Waals surface area (Å²) in [6.07, 6.45) is 2.54. The van der Waals surface area contributed by atoms with Gasteiger partial charge in [-0.3, -0.25) is 4.98 Å². The molecule has 2 atom stereocenters. The van der Waals surface area contributed by atoms with Crippen LogP contribution in [0.5, 0.6) is 0 Å². The van der Waals surface area contributed by atoms with Crippen LogP contribution in [0.3, 0.4) is 0 Å². The van der Waals surface area contributed by atoms with Gasteiger partial charge in [-0.15, -0.1) is 0 Å². The van der Waals surface area contributed by atoms with Crippen molar-refractivity contribution >= 4 is 5.69 Å². The summed E-state index contributed by atoms with van der Waals surface area (Å²) in [6, 6.07) is 2.18. The fourth-order valence-corrected chi connectivity index (χ4v) is 2.57. The number of nitrogens with zero attached hydrogens (tertiary/aromatic N) is 2. The molecule has 1 N–H and O–H groups in total. The molecule has 100 valence electrons. The second-order valence-corrected chi connectivity index (χ2v) is 5.15. The van der Waals surface area contributed by atoms with Crippen molar-refractivity contribution in [1.29, 1.82) is 0 Å². The van der Waals surface area contributed by atoms with Crippen LogP contribution in [-0.2, 0) is 11.3 Å². The molecule has 0 amide bonds. The molecule has 1 aliphatic rings. The van der Waals surface area contributed by atoms with E-state index in [0.717, 1.165) is 25.3 Å². The number of morpholine rings is 1. The predicted octanol–water partition coefficient (Wildman–Crippen LogP) is 1.72. The lowest BCUT2D eigenvalue weighted by molar-refractivity contribution is -0.00527. The van der Waals surface area contributed by atoms with Crippen molar-refractivity contribution < 1.29 is 4.74 Å². The predicted molar refractivity (Wildman–Crippen MR) is 74.0 cm³/mol. The van der Waals surface area contributed by atoms with Crippen molar-refractivity contribution in [3.8, 4) is 0 Å². The Labute approximate surface area is 109 Å². The Morgan fingerprint density at radius 2 is 2.06 bits per heavy atom. The van der Waals surface area contributed by atoms with Crippen LogP contribution in [0.25, 0.3) is 0 Å². The van der Waals surface area contributed by atoms with Crippen LogP contribution < -0.4 is 10.2 Å². The molecule has 1 aliphatic heterocycles. The summed E-state index contributed by atoms with van der Waals surface area (Å²) in [6.45, 7) is 9.06. The quantitative estimate of drug-likeness (QED) is 0.885. The number of ether oxygens (including phenoxy) is 1. The number of aryl methyl sites for hydroxylation is 1. The van der Waals surface area contributed by atoms with Gasteiger partial charge in [0.15, 0.2) is 0 Å². The van der Waals surface area contributed by atoms with Gasteiger partial charge in [0.2, 0.25) is 0 Å². The fraction of sp³-hybridized carbons (Fsp3) is 0.643. The van der Waals surface area contributed by atoms with E-state index < -0.39 is 0 Å². The lowest BCUT2D eigenvalue weighted by atomic mass is 10.1. The molecule has 18 heavy (non-hydrogen) atoms. The molecule has 4 nitrogen and oxygen atoms in total. The number of aromatic nitrogens is 1. The Balaban J connectivity index is 2.27. The minimum atomic E-state index is 0.282. The maximum absolute atomic E-state index is 5.80. The van der Waals surface area contributed by atoms with E-state index in [4.69, 9.17) is 4.74 Å². The van der Waals surface area contributed by atoms with Gasteiger partial charge in [0, 0.05) is 42.8 Å². The van der Waals surface area contributed by atoms with E-state index in [0.29, 0.717) is 0 Å². The van der Waals surface area contributed by atoms with E-state index in [1.807, 2.05) is 20.2 Å². The minimum absolute atomic E-state index is 0.282. The Morgan fingerprint density at radius 3 is 2.67 bits per heavy atom. The molecule has 0 spiro atoms. The molecule has 0 aromatic carbocycles. The lowest BCUT2D eigenvalue weighted by Gasteiger charge is -2.37. The second kappa shape index (κ2) is 5.67. The molecule has 2 rings (SSSR count). The van der Waals surface area contributed by atoms with Crippen LogP contribution in [0, 0.1) is 6.92 Å². The molecule has 1 aromatic heterocycles. The van der Waals surface area contributed by atoms with Gasteiger partial charge in [0.05, 0.1) is 12.2 Å². The molecule has 4 heteroatoms. The van der Waals surface area contributed by atoms with Crippen LogP contribution in [0.2, 0.25) is 0 Å². The monoisotopic (exact) mass is 249 g/mol. The molecule has 0 radical (unpaired) electrons. The van der Waals surface area contributed by atoms with Crippen molar-refractivity contribution in [2.24, 2.45) is 0 Å². The largest absolute Gasteiger partial charge is 0.372 e. The van der Waals surface area contributed by atoms with Gasteiger partial charge in [0.25, 0.3) is 0 Å². The number of pyridine rings is 1. The van der Waals surface area contributed by atoms with Crippen LogP contribution in [0.4, 0.5) is 5.69 Å². The molecule has 0 saturated carbocycles. The minimum Gasteiger partial charge on any atom is -0.372 e. The highest BCUT2D eigenvalue weighted by atomic mass is 16.5. The van der Waals surface area contributed by atoms with Crippen molar-refractivity contribution in [1.82, 2.24) is 10.3 Å². The summed E-state index contributed by atoms with van der Waals surface area (Å²) in [5.74, 6) is 0. The Hall–Kier alpha value is -1.13. The van der Waals surface area contributed by atoms with E-state index in [1.165, 1.54) is 11.3 Å². The Morgan fingerprint density at radius 1 is 1.39 bits per heavy atom. The summed E-state index contributed by atoms with van der Waals surface area (Å²) >= 11 is 0. The van der Waals surface area contributed by atoms with Gasteiger partial charge < -0.3 is 15.0 Å². The van der Waals surface area contributed by atoms with Crippen LogP contribution in [0.1, 0.15) is 25.1 Å². The SMILES string of the molecule is CNCc1cnc(C)cc1N1CC(C)OC(C)C1. The standard InChI is InChI=1S/C14H23N3O/c1-10-5-14(13(6-15-4)7-16-10)17-8-11(2)18-12(3)9-17/h5,7,11-12,15H,6,8-9H2,1-4H3. The smallest absolute Gasteiger partial charge is 0.0726 e. The van der Waals surface area contributed by atoms with Gasteiger partial charge >= 0.3 is 0 Å². The summed E-state index contributed by atoms with van der Waals surface area (Å²) in [5, 5.41) is 3.21. The average molecular weight is 249 g/mol. The number of anilines is 1. The van der Waals surface area contributed by atoms with Crippen molar-refractivity contribution in [3.05, 3.63) is 23.5 Å². The highest BCUT2D eigenvalue weighted by Crippen LogP contribution is 2.24. The summed E-state index contributed by atoms with van der Waals surface area (Å²) < 4.78 is 5.80. The first-order valence-electron chi connectivity index (χ1n) is 6.60. The highest BCUT2D eigenvalue weighted by molar-refractivity contribution is 5.54. The molecular formula is C14H23N3O. The third kappa shape index (κ3) is 3.00. The topological polar surface area (TPSA) is 37.4 Å². The molecule has 0 aliphatic carbocycles. The van der Waals surface area contributed by atoms with E-state index in [2.05, 4.69) is 35.1 Å². The lowest BCUT2D eigenvalue weighted by Crippen LogP contribution is -2.46. The average Bonchev–Trinajstić information content (AvgIpc) is 2.30. The number of hydrogen-bond acceptors (Lipinski definition) is 4. The van der Waals surface area contributed by atoms with E-state index in [9.17, 15) is 0 Å². The third-order valence-corrected chi connectivity index (χ3v) is 3.23. The maximum atomic E-state index is 5.80. The maximum Gasteiger partial charge on any atom is 0.0726 e. The van der Waals surface area contributed by atoms with Crippen LogP contribution in [0.15, 0.2) is 12.3 Å². The molecule has 1 aromatic rings. The zero-order valence-corrected chi connectivity index (χ0v) is 11.7. The second-order valence-electron chi connectivity index (χ2n) is 5.15. The van der Waals surface area contributed by atoms with E-state index in [-0.39, 0.29) is 12.2 Å². The molecule has 2 unspecified atom stereocenters. The number of rotatable bonds is 3. The molecule has 1 fully saturated rings. The van der Waals surface area contributed by atoms with Gasteiger partial charge in [-0.05, 0) is 33.9 Å². The Bertz CT molecular complexity index is 398. The Kier molecular flexibility index (Phi) is 4.19. The molecular weight excluding hydrogens is 226 g/mol. The first kappa shape index (κ1) is 13.3. The van der Waals surface area contributed by atoms with Gasteiger partial charge in [-0.25, -0.2) is 0 Å². The number of hydrogen-bond donors (Lipinski definition) is 1. The molecule has 2 heterocycles. The van der Waals surface area contributed by atoms with Crippen molar-refractivity contribution in [3.63, 3.8) is 0 Å². The van der Waals surface area contributed by atoms with Gasteiger partial charge in [-0.2, -0.15) is 0 Å². The van der Waals surface area contributed by atoms with Gasteiger partial charge in [0.1, 0.15) is 0 Å². The first-order valence-corrected chi connectivity index (χ1v) is 6.60. The summed E-state index contributed by atoms with van der Waals surface area (Å²) in [4.78, 5) is 6.81. The van der Waals surface area contributed by atoms with Crippen LogP contribution in [-0.4, -0.2) is 37.3 Å². The number of nitrogens with one attached hydrogen (secondary N) is 1. The molecule has 0 bridgehead atoms. The van der Waals surface area contributed by atoms with Crippen LogP contribution >= 0.6 is 0 Å². The highest BCUT2D eigenvalue weighted by Gasteiger charge is 2.24. The van der Waals surface area contributed by atoms with Crippen molar-refractivity contribution in [2.75, 3.05) is 25.0 Å². The first-order chi connectivity index (χ1) is 8.60. The van der Waals surface area contributed by atoms with E-state index in [1.54, 1.807) is 0 Å². The third-order valence-electron chi connectivity index (χ3n) is 3.23. The van der Waals surface area contributed by atoms with Gasteiger partial charge in [-0.1, -0.05) is 0 Å². The summed E-state index contributed by atoms with van der Waals surface area (Å²) in [5.41, 5.74) is 3.61. The fourth-order valence-electron chi connectivity index (χ4n) is 2.57. The zero-order chi connectivity index (χ0) is 13.1. The van der Waals surface area contributed by atoms with E-state index >= 15 is 0 Å². The molecule has 1 saturated heterocycles.